The number of thioether (sulfide) groups is 1. The van der Waals surface area contributed by atoms with Crippen molar-refractivity contribution in [2.75, 3.05) is 25.2 Å². The number of hydrogen-bond donors (Lipinski definition) is 3. The van der Waals surface area contributed by atoms with Crippen molar-refractivity contribution < 1.29 is 14.9 Å². The van der Waals surface area contributed by atoms with Crippen molar-refractivity contribution in [3.63, 3.8) is 0 Å². The standard InChI is InChI=1S/C12H17N5O3S/c1-13-10-9-11(16-12(15-10)21-2)17(5-14-9)8-3-6(19)7(4-18)20-8/h5-8,18-19H,3-4H2,1-2H3,(H,13,15,16)/t6-,7+,8+/m1/s1. The molecule has 1 aliphatic rings. The van der Waals surface area contributed by atoms with Gasteiger partial charge in [0.15, 0.2) is 22.1 Å². The SMILES string of the molecule is CNc1nc(SC)nc2c1ncn2[C@@H]1C[C@@H](O)[C@H](CO)O1. The first-order valence-corrected chi connectivity index (χ1v) is 7.81. The van der Waals surface area contributed by atoms with Crippen LogP contribution in [0.15, 0.2) is 11.5 Å². The van der Waals surface area contributed by atoms with Gasteiger partial charge in [-0.05, 0) is 6.26 Å². The number of imidazole rings is 1. The predicted octanol–water partition coefficient (Wildman–Crippen LogP) is 0.231. The molecule has 21 heavy (non-hydrogen) atoms. The van der Waals surface area contributed by atoms with Gasteiger partial charge in [-0.1, -0.05) is 11.8 Å². The molecule has 0 aromatic carbocycles. The van der Waals surface area contributed by atoms with Gasteiger partial charge in [-0.3, -0.25) is 4.57 Å². The van der Waals surface area contributed by atoms with Crippen molar-refractivity contribution in [2.24, 2.45) is 0 Å². The monoisotopic (exact) mass is 311 g/mol. The third-order valence-corrected chi connectivity index (χ3v) is 4.06. The quantitative estimate of drug-likeness (QED) is 0.544. The second-order valence-corrected chi connectivity index (χ2v) is 5.52. The lowest BCUT2D eigenvalue weighted by Crippen LogP contribution is -2.24. The number of fused-ring (bicyclic) bond motifs is 1. The number of ether oxygens (including phenoxy) is 1. The maximum atomic E-state index is 9.86. The molecule has 0 spiro atoms. The number of hydrogen-bond acceptors (Lipinski definition) is 8. The van der Waals surface area contributed by atoms with E-state index in [9.17, 15) is 10.2 Å². The zero-order valence-corrected chi connectivity index (χ0v) is 12.5. The van der Waals surface area contributed by atoms with E-state index >= 15 is 0 Å². The molecule has 8 nitrogen and oxygen atoms in total. The van der Waals surface area contributed by atoms with Crippen LogP contribution in [-0.2, 0) is 4.74 Å². The lowest BCUT2D eigenvalue weighted by molar-refractivity contribution is -0.0432. The summed E-state index contributed by atoms with van der Waals surface area (Å²) in [7, 11) is 1.78. The summed E-state index contributed by atoms with van der Waals surface area (Å²) in [5, 5.41) is 22.7. The summed E-state index contributed by atoms with van der Waals surface area (Å²) in [6.07, 6.45) is 2.27. The number of aliphatic hydroxyl groups is 2. The van der Waals surface area contributed by atoms with Gasteiger partial charge in [-0.25, -0.2) is 15.0 Å². The van der Waals surface area contributed by atoms with Gasteiger partial charge >= 0.3 is 0 Å². The molecule has 1 fully saturated rings. The first-order chi connectivity index (χ1) is 10.2. The van der Waals surface area contributed by atoms with Crippen molar-refractivity contribution in [2.45, 2.75) is 30.0 Å². The second-order valence-electron chi connectivity index (χ2n) is 4.75. The summed E-state index contributed by atoms with van der Waals surface area (Å²) in [5.74, 6) is 0.653. The minimum atomic E-state index is -0.692. The summed E-state index contributed by atoms with van der Waals surface area (Å²) in [6, 6.07) is 0. The fourth-order valence-corrected chi connectivity index (χ4v) is 2.78. The van der Waals surface area contributed by atoms with E-state index in [4.69, 9.17) is 4.74 Å². The molecule has 0 unspecified atom stereocenters. The molecule has 0 radical (unpaired) electrons. The van der Waals surface area contributed by atoms with E-state index < -0.39 is 18.4 Å². The van der Waals surface area contributed by atoms with E-state index in [-0.39, 0.29) is 6.61 Å². The average molecular weight is 311 g/mol. The first-order valence-electron chi connectivity index (χ1n) is 6.58. The highest BCUT2D eigenvalue weighted by atomic mass is 32.2. The Hall–Kier alpha value is -1.42. The Morgan fingerprint density at radius 2 is 2.33 bits per heavy atom. The number of nitrogens with zero attached hydrogens (tertiary/aromatic N) is 4. The van der Waals surface area contributed by atoms with Crippen LogP contribution in [0.3, 0.4) is 0 Å². The molecule has 3 rings (SSSR count). The summed E-state index contributed by atoms with van der Waals surface area (Å²) in [4.78, 5) is 13.2. The predicted molar refractivity (Wildman–Crippen MR) is 78.3 cm³/mol. The first kappa shape index (κ1) is 14.5. The van der Waals surface area contributed by atoms with Gasteiger partial charge in [0.2, 0.25) is 0 Å². The maximum Gasteiger partial charge on any atom is 0.191 e. The zero-order valence-electron chi connectivity index (χ0n) is 11.7. The van der Waals surface area contributed by atoms with Gasteiger partial charge in [-0.15, -0.1) is 0 Å². The van der Waals surface area contributed by atoms with Crippen LogP contribution in [0.2, 0.25) is 0 Å². The molecule has 3 atom stereocenters. The fourth-order valence-electron chi connectivity index (χ4n) is 2.42. The molecule has 0 aliphatic carbocycles. The number of aromatic nitrogens is 4. The summed E-state index contributed by atoms with van der Waals surface area (Å²) < 4.78 is 7.43. The minimum absolute atomic E-state index is 0.211. The summed E-state index contributed by atoms with van der Waals surface area (Å²) >= 11 is 1.44. The smallest absolute Gasteiger partial charge is 0.191 e. The molecule has 0 bridgehead atoms. The van der Waals surface area contributed by atoms with Crippen molar-refractivity contribution in [1.29, 1.82) is 0 Å². The molecular formula is C12H17N5O3S. The molecule has 114 valence electrons. The van der Waals surface area contributed by atoms with Crippen LogP contribution >= 0.6 is 11.8 Å². The molecule has 2 aromatic heterocycles. The zero-order chi connectivity index (χ0) is 15.0. The van der Waals surface area contributed by atoms with Gasteiger partial charge in [0.1, 0.15) is 12.3 Å². The highest BCUT2D eigenvalue weighted by molar-refractivity contribution is 7.98. The average Bonchev–Trinajstić information content (AvgIpc) is 3.08. The Morgan fingerprint density at radius 3 is 2.95 bits per heavy atom. The maximum absolute atomic E-state index is 9.86. The number of nitrogens with one attached hydrogen (secondary N) is 1. The Kier molecular flexibility index (Phi) is 3.98. The summed E-state index contributed by atoms with van der Waals surface area (Å²) in [5.41, 5.74) is 1.30. The Bertz CT molecular complexity index is 649. The Balaban J connectivity index is 2.04. The van der Waals surface area contributed by atoms with Crippen LogP contribution in [0.25, 0.3) is 11.2 Å². The highest BCUT2D eigenvalue weighted by Crippen LogP contribution is 2.32. The fraction of sp³-hybridized carbons (Fsp3) is 0.583. The third-order valence-electron chi connectivity index (χ3n) is 3.51. The number of anilines is 1. The Labute approximate surface area is 125 Å². The van der Waals surface area contributed by atoms with Crippen molar-refractivity contribution in [3.05, 3.63) is 6.33 Å². The van der Waals surface area contributed by atoms with E-state index in [0.29, 0.717) is 28.6 Å². The van der Waals surface area contributed by atoms with Crippen LogP contribution in [-0.4, -0.2) is 61.9 Å². The van der Waals surface area contributed by atoms with E-state index in [1.54, 1.807) is 17.9 Å². The molecule has 0 saturated carbocycles. The topological polar surface area (TPSA) is 105 Å². The van der Waals surface area contributed by atoms with Gasteiger partial charge in [-0.2, -0.15) is 0 Å². The van der Waals surface area contributed by atoms with Crippen molar-refractivity contribution >= 4 is 28.7 Å². The molecule has 1 saturated heterocycles. The van der Waals surface area contributed by atoms with Crippen LogP contribution in [0, 0.1) is 0 Å². The largest absolute Gasteiger partial charge is 0.394 e. The minimum Gasteiger partial charge on any atom is -0.394 e. The molecular weight excluding hydrogens is 294 g/mol. The number of rotatable bonds is 4. The van der Waals surface area contributed by atoms with Crippen LogP contribution < -0.4 is 5.32 Å². The lowest BCUT2D eigenvalue weighted by atomic mass is 10.2. The van der Waals surface area contributed by atoms with E-state index in [2.05, 4.69) is 20.3 Å². The van der Waals surface area contributed by atoms with E-state index in [1.807, 2.05) is 6.26 Å². The van der Waals surface area contributed by atoms with E-state index in [1.165, 1.54) is 11.8 Å². The van der Waals surface area contributed by atoms with Crippen LogP contribution in [0.4, 0.5) is 5.82 Å². The van der Waals surface area contributed by atoms with Crippen molar-refractivity contribution in [3.8, 4) is 0 Å². The molecule has 3 N–H and O–H groups in total. The molecule has 3 heterocycles. The number of aliphatic hydroxyl groups excluding tert-OH is 2. The molecule has 0 amide bonds. The summed E-state index contributed by atoms with van der Waals surface area (Å²) in [6.45, 7) is -0.211. The molecule has 9 heteroatoms. The highest BCUT2D eigenvalue weighted by Gasteiger charge is 2.35. The van der Waals surface area contributed by atoms with Crippen LogP contribution in [0.1, 0.15) is 12.6 Å². The molecule has 1 aliphatic heterocycles. The van der Waals surface area contributed by atoms with Gasteiger partial charge in [0.25, 0.3) is 0 Å². The third kappa shape index (κ3) is 2.46. The van der Waals surface area contributed by atoms with E-state index in [0.717, 1.165) is 0 Å². The lowest BCUT2D eigenvalue weighted by Gasteiger charge is -2.14. The van der Waals surface area contributed by atoms with Gasteiger partial charge in [0, 0.05) is 13.5 Å². The second kappa shape index (κ2) is 5.76. The van der Waals surface area contributed by atoms with Gasteiger partial charge in [0.05, 0.1) is 19.0 Å². The van der Waals surface area contributed by atoms with Crippen LogP contribution in [0.5, 0.6) is 0 Å². The normalized spacial score (nSPS) is 25.6. The van der Waals surface area contributed by atoms with Crippen molar-refractivity contribution in [1.82, 2.24) is 19.5 Å². The molecule has 2 aromatic rings. The van der Waals surface area contributed by atoms with Gasteiger partial charge < -0.3 is 20.3 Å². The Morgan fingerprint density at radius 1 is 1.52 bits per heavy atom.